The molecule has 0 unspecified atom stereocenters. The van der Waals surface area contributed by atoms with E-state index in [4.69, 9.17) is 8.83 Å². The average Bonchev–Trinajstić information content (AvgIpc) is 1.11. The fourth-order valence-electron chi connectivity index (χ4n) is 10.9. The molecule has 2 heteroatoms. The van der Waals surface area contributed by atoms with Gasteiger partial charge in [-0.3, -0.25) is 0 Å². The summed E-state index contributed by atoms with van der Waals surface area (Å²) in [5, 5.41) is 15.2. The van der Waals surface area contributed by atoms with Crippen LogP contribution in [0.1, 0.15) is 161 Å². The largest absolute Gasteiger partial charge is 0.456 e. The van der Waals surface area contributed by atoms with Crippen molar-refractivity contribution < 1.29 is 8.83 Å². The first-order chi connectivity index (χ1) is 43.7. The van der Waals surface area contributed by atoms with Gasteiger partial charge in [0.05, 0.1) is 0 Å². The average molecular weight is 1170 g/mol. The van der Waals surface area contributed by atoms with E-state index in [1.807, 2.05) is 157 Å². The first kappa shape index (κ1) is 73.5. The van der Waals surface area contributed by atoms with E-state index in [0.29, 0.717) is 0 Å². The van der Waals surface area contributed by atoms with Crippen LogP contribution in [0, 0.1) is 0 Å². The molecule has 0 fully saturated rings. The highest BCUT2D eigenvalue weighted by Crippen LogP contribution is 2.43. The number of rotatable bonds is 6. The Morgan fingerprint density at radius 1 is 0.216 bits per heavy atom. The van der Waals surface area contributed by atoms with Gasteiger partial charge in [0.2, 0.25) is 0 Å². The number of benzene rings is 12. The normalized spacial score (nSPS) is 9.68. The molecule has 460 valence electrons. The highest BCUT2D eigenvalue weighted by Gasteiger charge is 2.19. The van der Waals surface area contributed by atoms with Crippen molar-refractivity contribution in [3.05, 3.63) is 265 Å². The third-order valence-corrected chi connectivity index (χ3v) is 13.9. The van der Waals surface area contributed by atoms with Gasteiger partial charge in [0, 0.05) is 21.5 Å². The lowest BCUT2D eigenvalue weighted by Gasteiger charge is -2.17. The minimum atomic E-state index is 0.844. The van der Waals surface area contributed by atoms with Crippen molar-refractivity contribution >= 4 is 87.0 Å². The van der Waals surface area contributed by atoms with Crippen molar-refractivity contribution in [3.63, 3.8) is 0 Å². The highest BCUT2D eigenvalue weighted by molar-refractivity contribution is 6.17. The zero-order chi connectivity index (χ0) is 65.0. The Kier molecular flexibility index (Phi) is 33.9. The monoisotopic (exact) mass is 1170 g/mol. The maximum Gasteiger partial charge on any atom is 0.135 e. The van der Waals surface area contributed by atoms with E-state index in [1.54, 1.807) is 0 Å². The fraction of sp³-hybridized carbons (Fsp3) is 0.256. The number of para-hydroxylation sites is 2. The van der Waals surface area contributed by atoms with E-state index in [0.717, 1.165) is 35.2 Å². The molecule has 0 aliphatic heterocycles. The minimum absolute atomic E-state index is 0.844. The third-order valence-electron chi connectivity index (χ3n) is 13.9. The molecule has 0 aliphatic carbocycles. The number of hydrogen-bond acceptors (Lipinski definition) is 2. The lowest BCUT2D eigenvalue weighted by Crippen LogP contribution is -1.96. The molecule has 12 aromatic carbocycles. The van der Waals surface area contributed by atoms with Gasteiger partial charge >= 0.3 is 0 Å². The van der Waals surface area contributed by atoms with Crippen LogP contribution in [-0.4, -0.2) is 0 Å². The minimum Gasteiger partial charge on any atom is -0.456 e. The Morgan fingerprint density at radius 2 is 0.511 bits per heavy atom. The molecule has 88 heavy (non-hydrogen) atoms. The lowest BCUT2D eigenvalue weighted by molar-refractivity contribution is 0.668. The quantitative estimate of drug-likeness (QED) is 0.155. The van der Waals surface area contributed by atoms with Gasteiger partial charge in [-0.1, -0.05) is 351 Å². The molecule has 14 aromatic rings. The Hall–Kier alpha value is -8.72. The summed E-state index contributed by atoms with van der Waals surface area (Å²) in [6.45, 7) is 40.0. The summed E-state index contributed by atoms with van der Waals surface area (Å²) >= 11 is 0. The predicted octanol–water partition coefficient (Wildman–Crippen LogP) is 28.6. The standard InChI is InChI=1S/2C33H22O.10C2H6/c1-2-11-22(12-3-1)32-26-16-6-4-14-24(26)29(25-15-5-7-17-27(25)32)21-23-13-10-20-31-33(23)28-18-8-9-19-30(28)34-31;1-2-10-23(11-3-1)33-27-15-6-4-12-24(27)29(25-13-5-7-16-28(25)33)20-22-18-19-32-30(21-22)26-14-8-9-17-31(26)34-32;10*1-2/h1-20H,21H2;1-19,21H,20H2;10*1-2H3. The molecule has 0 N–H and O–H groups in total. The SMILES string of the molecule is CC.CC.CC.CC.CC.CC.CC.CC.CC.CC.c1ccc(-c2c3ccccc3c(Cc3ccc4oc5ccccc5c4c3)c3ccccc23)cc1.c1ccc(-c2c3ccccc3c(Cc3cccc4oc5ccccc5c34)c3ccccc23)cc1. The van der Waals surface area contributed by atoms with Crippen LogP contribution < -0.4 is 0 Å². The molecule has 14 rings (SSSR count). The summed E-state index contributed by atoms with van der Waals surface area (Å²) in [5.41, 5.74) is 14.2. The van der Waals surface area contributed by atoms with Crippen molar-refractivity contribution in [2.45, 2.75) is 151 Å². The van der Waals surface area contributed by atoms with Crippen LogP contribution >= 0.6 is 0 Å². The van der Waals surface area contributed by atoms with E-state index in [-0.39, 0.29) is 0 Å². The maximum absolute atomic E-state index is 6.18. The maximum atomic E-state index is 6.18. The van der Waals surface area contributed by atoms with Gasteiger partial charge in [-0.15, -0.1) is 0 Å². The first-order valence-electron chi connectivity index (χ1n) is 33.5. The molecule has 0 radical (unpaired) electrons. The van der Waals surface area contributed by atoms with Crippen molar-refractivity contribution in [1.29, 1.82) is 0 Å². The summed E-state index contributed by atoms with van der Waals surface area (Å²) in [7, 11) is 0. The second kappa shape index (κ2) is 40.6. The molecule has 0 aliphatic rings. The smallest absolute Gasteiger partial charge is 0.135 e. The van der Waals surface area contributed by atoms with Crippen LogP contribution in [0.4, 0.5) is 0 Å². The topological polar surface area (TPSA) is 26.3 Å². The highest BCUT2D eigenvalue weighted by atomic mass is 16.3. The second-order valence-electron chi connectivity index (χ2n) is 17.8. The van der Waals surface area contributed by atoms with Crippen LogP contribution in [0.3, 0.4) is 0 Å². The molecular weight excluding hydrogens is 1060 g/mol. The number of hydrogen-bond donors (Lipinski definition) is 0. The van der Waals surface area contributed by atoms with Crippen molar-refractivity contribution in [1.82, 2.24) is 0 Å². The number of fused-ring (bicyclic) bond motifs is 10. The molecule has 0 saturated heterocycles. The fourth-order valence-corrected chi connectivity index (χ4v) is 10.9. The van der Waals surface area contributed by atoms with Crippen molar-refractivity contribution in [3.8, 4) is 22.3 Å². The van der Waals surface area contributed by atoms with E-state index >= 15 is 0 Å². The Morgan fingerprint density at radius 3 is 0.920 bits per heavy atom. The van der Waals surface area contributed by atoms with Crippen molar-refractivity contribution in [2.24, 2.45) is 0 Å². The zero-order valence-electron chi connectivity index (χ0n) is 57.3. The van der Waals surface area contributed by atoms with E-state index < -0.39 is 0 Å². The molecule has 0 spiro atoms. The summed E-state index contributed by atoms with van der Waals surface area (Å²) in [4.78, 5) is 0. The Labute approximate surface area is 531 Å². The molecular formula is C86H104O2. The molecule has 0 saturated carbocycles. The summed E-state index contributed by atoms with van der Waals surface area (Å²) in [6, 6.07) is 86.6. The van der Waals surface area contributed by atoms with E-state index in [1.165, 1.54) is 109 Å². The Balaban J connectivity index is 0.000000359. The van der Waals surface area contributed by atoms with Crippen LogP contribution in [0.15, 0.2) is 251 Å². The molecule has 0 bridgehead atoms. The van der Waals surface area contributed by atoms with Gasteiger partial charge in [0.25, 0.3) is 0 Å². The van der Waals surface area contributed by atoms with Gasteiger partial charge in [-0.2, -0.15) is 0 Å². The Bertz CT molecular complexity index is 4080. The van der Waals surface area contributed by atoms with Gasteiger partial charge in [-0.05, 0) is 131 Å². The van der Waals surface area contributed by atoms with Crippen LogP contribution in [0.2, 0.25) is 0 Å². The summed E-state index contributed by atoms with van der Waals surface area (Å²) in [5.74, 6) is 0. The van der Waals surface area contributed by atoms with Crippen molar-refractivity contribution in [2.75, 3.05) is 0 Å². The molecule has 2 heterocycles. The third kappa shape index (κ3) is 16.7. The van der Waals surface area contributed by atoms with E-state index in [2.05, 4.69) is 224 Å². The zero-order valence-corrected chi connectivity index (χ0v) is 57.3. The van der Waals surface area contributed by atoms with Crippen LogP contribution in [0.25, 0.3) is 109 Å². The second-order valence-corrected chi connectivity index (χ2v) is 17.8. The first-order valence-corrected chi connectivity index (χ1v) is 33.5. The van der Waals surface area contributed by atoms with Gasteiger partial charge < -0.3 is 8.83 Å². The number of furan rings is 2. The van der Waals surface area contributed by atoms with Gasteiger partial charge in [0.15, 0.2) is 0 Å². The van der Waals surface area contributed by atoms with E-state index in [9.17, 15) is 0 Å². The van der Waals surface area contributed by atoms with Crippen LogP contribution in [0.5, 0.6) is 0 Å². The summed E-state index contributed by atoms with van der Waals surface area (Å²) in [6.07, 6.45) is 1.71. The molecule has 2 nitrogen and oxygen atoms in total. The van der Waals surface area contributed by atoms with Gasteiger partial charge in [0.1, 0.15) is 22.3 Å². The van der Waals surface area contributed by atoms with Gasteiger partial charge in [-0.25, -0.2) is 0 Å². The molecule has 0 amide bonds. The summed E-state index contributed by atoms with van der Waals surface area (Å²) < 4.78 is 12.2. The lowest BCUT2D eigenvalue weighted by atomic mass is 9.86. The molecule has 0 atom stereocenters. The predicted molar refractivity (Wildman–Crippen MR) is 400 cm³/mol. The van der Waals surface area contributed by atoms with Crippen LogP contribution in [-0.2, 0) is 12.8 Å². The molecule has 2 aromatic heterocycles.